The van der Waals surface area contributed by atoms with Gasteiger partial charge >= 0.3 is 10.2 Å². The normalized spacial score (nSPS) is 15.2. The van der Waals surface area contributed by atoms with Crippen molar-refractivity contribution in [2.45, 2.75) is 64.1 Å². The largest absolute Gasteiger partial charge is 0.352 e. The fourth-order valence-electron chi connectivity index (χ4n) is 4.65. The van der Waals surface area contributed by atoms with Crippen LogP contribution in [0.2, 0.25) is 10.0 Å². The minimum Gasteiger partial charge on any atom is -0.352 e. The Hall–Kier alpha value is -2.40. The molecule has 0 saturated heterocycles. The number of anilines is 1. The fourth-order valence-corrected chi connectivity index (χ4v) is 6.04. The van der Waals surface area contributed by atoms with Crippen LogP contribution in [0.15, 0.2) is 42.5 Å². The van der Waals surface area contributed by atoms with E-state index in [9.17, 15) is 22.4 Å². The second-order valence-corrected chi connectivity index (χ2v) is 12.7. The summed E-state index contributed by atoms with van der Waals surface area (Å²) >= 11 is 12.3. The van der Waals surface area contributed by atoms with Crippen LogP contribution in [0.4, 0.5) is 10.1 Å². The second-order valence-electron chi connectivity index (χ2n) is 9.79. The van der Waals surface area contributed by atoms with Crippen LogP contribution in [-0.2, 0) is 26.3 Å². The fraction of sp³-hybridized carbons (Fsp3) is 0.481. The molecule has 1 N–H and O–H groups in total. The first kappa shape index (κ1) is 31.1. The Balaban J connectivity index is 1.99. The average molecular weight is 602 g/mol. The number of nitrogens with one attached hydrogen (secondary N) is 1. The molecule has 214 valence electrons. The zero-order valence-corrected chi connectivity index (χ0v) is 24.7. The number of para-hydroxylation sites is 1. The van der Waals surface area contributed by atoms with Gasteiger partial charge in [0.1, 0.15) is 18.4 Å². The Bertz CT molecular complexity index is 1270. The monoisotopic (exact) mass is 600 g/mol. The molecule has 0 bridgehead atoms. The van der Waals surface area contributed by atoms with Crippen molar-refractivity contribution in [2.24, 2.45) is 0 Å². The van der Waals surface area contributed by atoms with Gasteiger partial charge in [-0.1, -0.05) is 67.6 Å². The number of rotatable bonds is 11. The molecule has 1 atom stereocenters. The Kier molecular flexibility index (Phi) is 11.0. The lowest BCUT2D eigenvalue weighted by Crippen LogP contribution is -2.54. The molecule has 1 aliphatic carbocycles. The first-order valence-electron chi connectivity index (χ1n) is 12.9. The van der Waals surface area contributed by atoms with Gasteiger partial charge in [-0.2, -0.15) is 12.7 Å². The smallest absolute Gasteiger partial charge is 0.304 e. The molecule has 12 heteroatoms. The van der Waals surface area contributed by atoms with Crippen LogP contribution in [0.1, 0.15) is 51.0 Å². The van der Waals surface area contributed by atoms with E-state index in [-0.39, 0.29) is 35.6 Å². The lowest BCUT2D eigenvalue weighted by atomic mass is 9.95. The van der Waals surface area contributed by atoms with Crippen molar-refractivity contribution in [1.82, 2.24) is 14.5 Å². The van der Waals surface area contributed by atoms with Gasteiger partial charge in [0, 0.05) is 26.7 Å². The Labute approximate surface area is 240 Å². The van der Waals surface area contributed by atoms with E-state index in [1.807, 2.05) is 0 Å². The number of carbonyl (C=O) groups is 2. The first-order valence-corrected chi connectivity index (χ1v) is 15.1. The highest BCUT2D eigenvalue weighted by Crippen LogP contribution is 2.26. The standard InChI is InChI=1S/C27H35Cl2FN4O4S/c1-4-24(27(36)31-20-10-6-5-7-11-20)33(17-19-14-15-21(28)22(29)16-19)26(35)18-34(39(37,38)32(2)3)25-13-9-8-12-23(25)30/h8-9,12-16,20,24H,4-7,10-11,17-18H2,1-3H3,(H,31,36)/t24-/m1/s1. The summed E-state index contributed by atoms with van der Waals surface area (Å²) in [5.41, 5.74) is 0.336. The SMILES string of the molecule is CC[C@H](C(=O)NC1CCCCC1)N(Cc1ccc(Cl)c(Cl)c1)C(=O)CN(c1ccccc1F)S(=O)(=O)N(C)C. The summed E-state index contributed by atoms with van der Waals surface area (Å²) in [6, 6.07) is 9.34. The number of carbonyl (C=O) groups excluding carboxylic acids is 2. The third-order valence-electron chi connectivity index (χ3n) is 6.81. The summed E-state index contributed by atoms with van der Waals surface area (Å²) in [7, 11) is -1.67. The molecule has 8 nitrogen and oxygen atoms in total. The highest BCUT2D eigenvalue weighted by Gasteiger charge is 2.35. The predicted molar refractivity (Wildman–Crippen MR) is 152 cm³/mol. The molecule has 2 aromatic carbocycles. The zero-order chi connectivity index (χ0) is 28.7. The van der Waals surface area contributed by atoms with E-state index in [1.54, 1.807) is 25.1 Å². The molecule has 1 saturated carbocycles. The number of benzene rings is 2. The highest BCUT2D eigenvalue weighted by molar-refractivity contribution is 7.90. The van der Waals surface area contributed by atoms with Gasteiger partial charge in [0.15, 0.2) is 0 Å². The van der Waals surface area contributed by atoms with Crippen LogP contribution in [0, 0.1) is 5.82 Å². The van der Waals surface area contributed by atoms with E-state index in [1.165, 1.54) is 37.2 Å². The summed E-state index contributed by atoms with van der Waals surface area (Å²) in [6.07, 6.45) is 5.18. The molecule has 0 spiro atoms. The summed E-state index contributed by atoms with van der Waals surface area (Å²) in [6.45, 7) is 1.04. The van der Waals surface area contributed by atoms with Gasteiger partial charge < -0.3 is 10.2 Å². The van der Waals surface area contributed by atoms with Crippen molar-refractivity contribution in [3.05, 3.63) is 63.9 Å². The number of hydrogen-bond donors (Lipinski definition) is 1. The molecule has 0 aromatic heterocycles. The van der Waals surface area contributed by atoms with E-state index in [0.717, 1.165) is 46.8 Å². The van der Waals surface area contributed by atoms with Gasteiger partial charge in [-0.05, 0) is 49.1 Å². The third kappa shape index (κ3) is 7.84. The molecule has 2 amide bonds. The minimum atomic E-state index is -4.26. The van der Waals surface area contributed by atoms with Crippen molar-refractivity contribution in [3.8, 4) is 0 Å². The topological polar surface area (TPSA) is 90.0 Å². The molecule has 3 rings (SSSR count). The van der Waals surface area contributed by atoms with Gasteiger partial charge in [0.05, 0.1) is 15.7 Å². The molecule has 0 unspecified atom stereocenters. The summed E-state index contributed by atoms with van der Waals surface area (Å²) < 4.78 is 42.9. The zero-order valence-electron chi connectivity index (χ0n) is 22.4. The summed E-state index contributed by atoms with van der Waals surface area (Å²) in [5.74, 6) is -1.78. The molecule has 2 aromatic rings. The molecule has 0 heterocycles. The van der Waals surface area contributed by atoms with E-state index in [0.29, 0.717) is 10.6 Å². The highest BCUT2D eigenvalue weighted by atomic mass is 35.5. The summed E-state index contributed by atoms with van der Waals surface area (Å²) in [4.78, 5) is 28.7. The van der Waals surface area contributed by atoms with Crippen molar-refractivity contribution < 1.29 is 22.4 Å². The van der Waals surface area contributed by atoms with Crippen LogP contribution >= 0.6 is 23.2 Å². The van der Waals surface area contributed by atoms with Crippen LogP contribution in [0.5, 0.6) is 0 Å². The van der Waals surface area contributed by atoms with E-state index < -0.39 is 34.5 Å². The second kappa shape index (κ2) is 13.8. The number of halogens is 3. The minimum absolute atomic E-state index is 0.0197. The maximum atomic E-state index is 14.8. The van der Waals surface area contributed by atoms with Gasteiger partial charge in [0.25, 0.3) is 0 Å². The first-order chi connectivity index (χ1) is 18.4. The number of hydrogen-bond acceptors (Lipinski definition) is 4. The maximum Gasteiger partial charge on any atom is 0.304 e. The quantitative estimate of drug-likeness (QED) is 0.393. The molecular weight excluding hydrogens is 566 g/mol. The Morgan fingerprint density at radius 1 is 1.05 bits per heavy atom. The maximum absolute atomic E-state index is 14.8. The molecule has 1 aliphatic rings. The van der Waals surface area contributed by atoms with Crippen LogP contribution in [-0.4, -0.2) is 62.2 Å². The number of nitrogens with zero attached hydrogens (tertiary/aromatic N) is 3. The lowest BCUT2D eigenvalue weighted by molar-refractivity contribution is -0.140. The van der Waals surface area contributed by atoms with Crippen molar-refractivity contribution in [3.63, 3.8) is 0 Å². The van der Waals surface area contributed by atoms with Crippen molar-refractivity contribution in [1.29, 1.82) is 0 Å². The van der Waals surface area contributed by atoms with Crippen LogP contribution in [0.3, 0.4) is 0 Å². The third-order valence-corrected chi connectivity index (χ3v) is 9.36. The lowest BCUT2D eigenvalue weighted by Gasteiger charge is -2.35. The van der Waals surface area contributed by atoms with E-state index in [2.05, 4.69) is 5.32 Å². The Morgan fingerprint density at radius 2 is 1.72 bits per heavy atom. The molecule has 1 fully saturated rings. The van der Waals surface area contributed by atoms with Crippen molar-refractivity contribution in [2.75, 3.05) is 24.9 Å². The number of amides is 2. The van der Waals surface area contributed by atoms with Crippen LogP contribution in [0.25, 0.3) is 0 Å². The van der Waals surface area contributed by atoms with Gasteiger partial charge in [-0.25, -0.2) is 8.70 Å². The molecule has 0 aliphatic heterocycles. The summed E-state index contributed by atoms with van der Waals surface area (Å²) in [5, 5.41) is 3.69. The molecule has 0 radical (unpaired) electrons. The van der Waals surface area contributed by atoms with E-state index >= 15 is 0 Å². The van der Waals surface area contributed by atoms with Crippen molar-refractivity contribution >= 4 is 50.9 Å². The molecule has 39 heavy (non-hydrogen) atoms. The Morgan fingerprint density at radius 3 is 2.31 bits per heavy atom. The van der Waals surface area contributed by atoms with E-state index in [4.69, 9.17) is 23.2 Å². The van der Waals surface area contributed by atoms with Crippen LogP contribution < -0.4 is 9.62 Å². The van der Waals surface area contributed by atoms with Gasteiger partial charge in [-0.3, -0.25) is 9.59 Å². The van der Waals surface area contributed by atoms with Gasteiger partial charge in [0.2, 0.25) is 11.8 Å². The van der Waals surface area contributed by atoms with Gasteiger partial charge in [-0.15, -0.1) is 0 Å². The molecular formula is C27H35Cl2FN4O4S. The average Bonchev–Trinajstić information content (AvgIpc) is 2.90. The predicted octanol–water partition coefficient (Wildman–Crippen LogP) is 5.00.